The minimum absolute atomic E-state index is 0.184. The van der Waals surface area contributed by atoms with Crippen molar-refractivity contribution in [1.82, 2.24) is 0 Å². The summed E-state index contributed by atoms with van der Waals surface area (Å²) in [4.78, 5) is 10.7. The third-order valence-corrected chi connectivity index (χ3v) is 1.51. The van der Waals surface area contributed by atoms with Gasteiger partial charge in [-0.05, 0) is 12.1 Å². The van der Waals surface area contributed by atoms with E-state index in [0.717, 1.165) is 18.2 Å². The molecule has 0 unspecified atom stereocenters. The number of carbonyl (C=O) groups is 1. The lowest BCUT2D eigenvalue weighted by Gasteiger charge is -2.05. The normalized spacial score (nSPS) is 9.93. The van der Waals surface area contributed by atoms with E-state index in [1.807, 2.05) is 0 Å². The summed E-state index contributed by atoms with van der Waals surface area (Å²) < 4.78 is 30.2. The smallest absolute Gasteiger partial charge is 0.183 e. The van der Waals surface area contributed by atoms with E-state index >= 15 is 0 Å². The van der Waals surface area contributed by atoms with Crippen LogP contribution in [0.2, 0.25) is 0 Å². The van der Waals surface area contributed by atoms with Gasteiger partial charge in [-0.25, -0.2) is 8.78 Å². The molecule has 1 aromatic carbocycles. The van der Waals surface area contributed by atoms with E-state index in [1.54, 1.807) is 0 Å². The number of hydrogen-bond acceptors (Lipinski definition) is 3. The fourth-order valence-electron chi connectivity index (χ4n) is 0.805. The Morgan fingerprint density at radius 2 is 2.14 bits per heavy atom. The van der Waals surface area contributed by atoms with Crippen molar-refractivity contribution in [3.05, 3.63) is 29.8 Å². The first-order chi connectivity index (χ1) is 6.63. The van der Waals surface area contributed by atoms with Gasteiger partial charge in [-0.2, -0.15) is 0 Å². The number of ether oxygens (including phenoxy) is 1. The van der Waals surface area contributed by atoms with Crippen LogP contribution in [0.1, 0.15) is 0 Å². The molecule has 1 rings (SSSR count). The van der Waals surface area contributed by atoms with Crippen molar-refractivity contribution in [2.45, 2.75) is 0 Å². The van der Waals surface area contributed by atoms with Crippen LogP contribution < -0.4 is 10.5 Å². The molecule has 0 heterocycles. The molecule has 0 atom stereocenters. The molecule has 0 amide bonds. The molecule has 0 radical (unpaired) electrons. The average molecular weight is 201 g/mol. The third-order valence-electron chi connectivity index (χ3n) is 1.51. The molecule has 0 aliphatic heterocycles. The van der Waals surface area contributed by atoms with Crippen molar-refractivity contribution < 1.29 is 18.3 Å². The Kier molecular flexibility index (Phi) is 3.53. The van der Waals surface area contributed by atoms with E-state index < -0.39 is 11.6 Å². The molecule has 5 heteroatoms. The Balaban J connectivity index is 2.66. The van der Waals surface area contributed by atoms with E-state index in [-0.39, 0.29) is 24.7 Å². The van der Waals surface area contributed by atoms with Gasteiger partial charge in [-0.3, -0.25) is 4.79 Å². The highest BCUT2D eigenvalue weighted by molar-refractivity contribution is 5.81. The van der Waals surface area contributed by atoms with E-state index in [1.165, 1.54) is 0 Å². The minimum atomic E-state index is -0.712. The molecule has 76 valence electrons. The standard InChI is InChI=1S/C9H9F2NO2/c10-6-1-2-8(11)9(3-6)14-5-7(13)4-12/h1-3H,4-5,12H2. The number of nitrogens with two attached hydrogens (primary N) is 1. The molecule has 0 fully saturated rings. The SMILES string of the molecule is NCC(=O)COc1cc(F)ccc1F. The van der Waals surface area contributed by atoms with Crippen LogP contribution in [0.3, 0.4) is 0 Å². The van der Waals surface area contributed by atoms with Crippen molar-refractivity contribution >= 4 is 5.78 Å². The lowest BCUT2D eigenvalue weighted by Crippen LogP contribution is -2.21. The second-order valence-electron chi connectivity index (χ2n) is 2.61. The monoisotopic (exact) mass is 201 g/mol. The molecule has 0 saturated heterocycles. The fraction of sp³-hybridized carbons (Fsp3) is 0.222. The Morgan fingerprint density at radius 3 is 2.79 bits per heavy atom. The van der Waals surface area contributed by atoms with Gasteiger partial charge < -0.3 is 10.5 Å². The van der Waals surface area contributed by atoms with Crippen molar-refractivity contribution in [2.75, 3.05) is 13.2 Å². The Labute approximate surface area is 79.5 Å². The molecule has 0 saturated carbocycles. The van der Waals surface area contributed by atoms with Crippen LogP contribution in [0.4, 0.5) is 8.78 Å². The first-order valence-electron chi connectivity index (χ1n) is 3.93. The average Bonchev–Trinajstić information content (AvgIpc) is 2.19. The number of halogens is 2. The second kappa shape index (κ2) is 4.66. The van der Waals surface area contributed by atoms with Crippen LogP contribution >= 0.6 is 0 Å². The van der Waals surface area contributed by atoms with Gasteiger partial charge in [0.15, 0.2) is 17.3 Å². The van der Waals surface area contributed by atoms with Gasteiger partial charge in [0.2, 0.25) is 0 Å². The largest absolute Gasteiger partial charge is 0.483 e. The summed E-state index contributed by atoms with van der Waals surface area (Å²) >= 11 is 0. The van der Waals surface area contributed by atoms with Gasteiger partial charge in [0.1, 0.15) is 12.4 Å². The maximum absolute atomic E-state index is 12.9. The van der Waals surface area contributed by atoms with Crippen LogP contribution in [-0.4, -0.2) is 18.9 Å². The van der Waals surface area contributed by atoms with Gasteiger partial charge in [0.05, 0.1) is 6.54 Å². The van der Waals surface area contributed by atoms with Crippen molar-refractivity contribution in [1.29, 1.82) is 0 Å². The summed E-state index contributed by atoms with van der Waals surface area (Å²) in [5.41, 5.74) is 5.01. The summed E-state index contributed by atoms with van der Waals surface area (Å²) in [6, 6.07) is 2.77. The minimum Gasteiger partial charge on any atom is -0.483 e. The number of carbonyl (C=O) groups excluding carboxylic acids is 1. The zero-order valence-electron chi connectivity index (χ0n) is 7.30. The summed E-state index contributed by atoms with van der Waals surface area (Å²) in [5.74, 6) is -2.00. The highest BCUT2D eigenvalue weighted by Gasteiger charge is 2.06. The molecule has 1 aromatic rings. The maximum atomic E-state index is 12.9. The van der Waals surface area contributed by atoms with E-state index in [2.05, 4.69) is 0 Å². The molecule has 0 aliphatic rings. The van der Waals surface area contributed by atoms with Crippen LogP contribution in [0, 0.1) is 11.6 Å². The molecule has 0 spiro atoms. The van der Waals surface area contributed by atoms with Gasteiger partial charge >= 0.3 is 0 Å². The van der Waals surface area contributed by atoms with Crippen LogP contribution in [0.5, 0.6) is 5.75 Å². The predicted octanol–water partition coefficient (Wildman–Crippen LogP) is 0.871. The maximum Gasteiger partial charge on any atom is 0.183 e. The molecule has 14 heavy (non-hydrogen) atoms. The summed E-state index contributed by atoms with van der Waals surface area (Å²) in [5, 5.41) is 0. The van der Waals surface area contributed by atoms with E-state index in [4.69, 9.17) is 10.5 Å². The number of Topliss-reactive ketones (excluding diaryl/α,β-unsaturated/α-hetero) is 1. The van der Waals surface area contributed by atoms with Gasteiger partial charge in [-0.15, -0.1) is 0 Å². The summed E-state index contributed by atoms with van der Waals surface area (Å²) in [6.45, 7) is -0.534. The molecular weight excluding hydrogens is 192 g/mol. The first kappa shape index (κ1) is 10.6. The van der Waals surface area contributed by atoms with Crippen molar-refractivity contribution in [3.63, 3.8) is 0 Å². The van der Waals surface area contributed by atoms with Gasteiger partial charge in [-0.1, -0.05) is 0 Å². The van der Waals surface area contributed by atoms with Crippen LogP contribution in [-0.2, 0) is 4.79 Å². The van der Waals surface area contributed by atoms with Gasteiger partial charge in [0, 0.05) is 6.07 Å². The van der Waals surface area contributed by atoms with Crippen LogP contribution in [0.25, 0.3) is 0 Å². The molecule has 3 nitrogen and oxygen atoms in total. The lowest BCUT2D eigenvalue weighted by molar-refractivity contribution is -0.119. The number of rotatable bonds is 4. The molecule has 0 aromatic heterocycles. The Morgan fingerprint density at radius 1 is 1.43 bits per heavy atom. The Bertz CT molecular complexity index is 342. The third kappa shape index (κ3) is 2.77. The second-order valence-corrected chi connectivity index (χ2v) is 2.61. The molecule has 2 N–H and O–H groups in total. The van der Waals surface area contributed by atoms with Crippen LogP contribution in [0.15, 0.2) is 18.2 Å². The highest BCUT2D eigenvalue weighted by Crippen LogP contribution is 2.17. The lowest BCUT2D eigenvalue weighted by atomic mass is 10.3. The topological polar surface area (TPSA) is 52.3 Å². The molecule has 0 bridgehead atoms. The van der Waals surface area contributed by atoms with Crippen molar-refractivity contribution in [2.24, 2.45) is 5.73 Å². The highest BCUT2D eigenvalue weighted by atomic mass is 19.1. The summed E-state index contributed by atoms with van der Waals surface area (Å²) in [6.07, 6.45) is 0. The predicted molar refractivity (Wildman–Crippen MR) is 45.9 cm³/mol. The quantitative estimate of drug-likeness (QED) is 0.786. The van der Waals surface area contributed by atoms with E-state index in [9.17, 15) is 13.6 Å². The zero-order valence-corrected chi connectivity index (χ0v) is 7.30. The molecular formula is C9H9F2NO2. The fourth-order valence-corrected chi connectivity index (χ4v) is 0.805. The first-order valence-corrected chi connectivity index (χ1v) is 3.93. The van der Waals surface area contributed by atoms with Gasteiger partial charge in [0.25, 0.3) is 0 Å². The molecule has 0 aliphatic carbocycles. The number of hydrogen-bond donors (Lipinski definition) is 1. The number of benzene rings is 1. The Hall–Kier alpha value is -1.49. The van der Waals surface area contributed by atoms with Crippen molar-refractivity contribution in [3.8, 4) is 5.75 Å². The summed E-state index contributed by atoms with van der Waals surface area (Å²) in [7, 11) is 0. The zero-order chi connectivity index (χ0) is 10.6. The number of ketones is 1. The van der Waals surface area contributed by atoms with E-state index in [0.29, 0.717) is 0 Å².